The second-order valence-electron chi connectivity index (χ2n) is 3.71. The molecule has 1 aromatic rings. The summed E-state index contributed by atoms with van der Waals surface area (Å²) in [5, 5.41) is 0.562. The van der Waals surface area contributed by atoms with Gasteiger partial charge in [-0.2, -0.15) is 0 Å². The van der Waals surface area contributed by atoms with Gasteiger partial charge in [-0.15, -0.1) is 0 Å². The minimum absolute atomic E-state index is 0.217. The van der Waals surface area contributed by atoms with E-state index < -0.39 is 0 Å². The van der Waals surface area contributed by atoms with E-state index in [2.05, 4.69) is 4.98 Å². The van der Waals surface area contributed by atoms with Crippen molar-refractivity contribution >= 4 is 11.6 Å². The van der Waals surface area contributed by atoms with Crippen LogP contribution in [0.3, 0.4) is 0 Å². The molecule has 1 aliphatic rings. The van der Waals surface area contributed by atoms with Crippen LogP contribution in [0.2, 0.25) is 5.15 Å². The fraction of sp³-hybridized carbons (Fsp3) is 0.500. The van der Waals surface area contributed by atoms with Gasteiger partial charge >= 0.3 is 0 Å². The molecule has 0 bridgehead atoms. The lowest BCUT2D eigenvalue weighted by Gasteiger charge is -2.24. The van der Waals surface area contributed by atoms with Gasteiger partial charge in [-0.1, -0.05) is 30.5 Å². The first-order chi connectivity index (χ1) is 6.22. The monoisotopic (exact) mass is 196 g/mol. The maximum absolute atomic E-state index is 6.26. The lowest BCUT2D eigenvalue weighted by molar-refractivity contribution is 0.460. The molecule has 70 valence electrons. The van der Waals surface area contributed by atoms with Crippen LogP contribution in [0.4, 0.5) is 0 Å². The molecule has 0 radical (unpaired) electrons. The lowest BCUT2D eigenvalue weighted by Crippen LogP contribution is -2.33. The molecule has 1 aromatic heterocycles. The molecule has 1 heterocycles. The van der Waals surface area contributed by atoms with Gasteiger partial charge in [-0.05, 0) is 18.9 Å². The Labute approximate surface area is 83.1 Å². The van der Waals surface area contributed by atoms with Crippen molar-refractivity contribution in [2.75, 3.05) is 0 Å². The second-order valence-corrected chi connectivity index (χ2v) is 4.06. The highest BCUT2D eigenvalue weighted by molar-refractivity contribution is 6.30. The molecule has 1 fully saturated rings. The Kier molecular flexibility index (Phi) is 2.26. The zero-order valence-corrected chi connectivity index (χ0v) is 8.22. The summed E-state index contributed by atoms with van der Waals surface area (Å²) in [5.41, 5.74) is 7.05. The second kappa shape index (κ2) is 3.28. The Hall–Kier alpha value is -0.600. The highest BCUT2D eigenvalue weighted by Gasteiger charge is 2.33. The Balaban J connectivity index is 2.39. The van der Waals surface area contributed by atoms with Gasteiger partial charge in [0.1, 0.15) is 5.15 Å². The summed E-state index contributed by atoms with van der Waals surface area (Å²) in [7, 11) is 0. The van der Waals surface area contributed by atoms with E-state index in [0.717, 1.165) is 18.4 Å². The average Bonchev–Trinajstić information content (AvgIpc) is 2.54. The highest BCUT2D eigenvalue weighted by atomic mass is 35.5. The SMILES string of the molecule is NC1(c2cccnc2Cl)CCCC1. The average molecular weight is 197 g/mol. The molecule has 0 spiro atoms. The van der Waals surface area contributed by atoms with Crippen molar-refractivity contribution in [3.63, 3.8) is 0 Å². The first-order valence-corrected chi connectivity index (χ1v) is 5.00. The van der Waals surface area contributed by atoms with E-state index in [0.29, 0.717) is 5.15 Å². The van der Waals surface area contributed by atoms with Gasteiger partial charge < -0.3 is 5.73 Å². The van der Waals surface area contributed by atoms with Crippen molar-refractivity contribution in [3.8, 4) is 0 Å². The third-order valence-corrected chi connectivity index (χ3v) is 3.09. The standard InChI is InChI=1S/C10H13ClN2/c11-9-8(4-3-7-13-9)10(12)5-1-2-6-10/h3-4,7H,1-2,5-6,12H2. The predicted octanol–water partition coefficient (Wildman–Crippen LogP) is 2.46. The summed E-state index contributed by atoms with van der Waals surface area (Å²) in [6.07, 6.45) is 6.14. The number of pyridine rings is 1. The Bertz CT molecular complexity index is 306. The number of rotatable bonds is 1. The van der Waals surface area contributed by atoms with Crippen LogP contribution in [-0.2, 0) is 5.54 Å². The molecule has 2 N–H and O–H groups in total. The van der Waals surface area contributed by atoms with Crippen LogP contribution in [0, 0.1) is 0 Å². The third-order valence-electron chi connectivity index (χ3n) is 2.79. The van der Waals surface area contributed by atoms with E-state index in [-0.39, 0.29) is 5.54 Å². The normalized spacial score (nSPS) is 20.5. The van der Waals surface area contributed by atoms with Gasteiger partial charge in [-0.3, -0.25) is 0 Å². The molecule has 0 saturated heterocycles. The van der Waals surface area contributed by atoms with Gasteiger partial charge in [-0.25, -0.2) is 4.98 Å². The summed E-state index contributed by atoms with van der Waals surface area (Å²) in [4.78, 5) is 4.05. The number of nitrogens with zero attached hydrogens (tertiary/aromatic N) is 1. The lowest BCUT2D eigenvalue weighted by atomic mass is 9.91. The van der Waals surface area contributed by atoms with Gasteiger partial charge in [0.15, 0.2) is 0 Å². The van der Waals surface area contributed by atoms with E-state index in [1.807, 2.05) is 12.1 Å². The van der Waals surface area contributed by atoms with Crippen LogP contribution in [0.1, 0.15) is 31.2 Å². The van der Waals surface area contributed by atoms with E-state index in [4.69, 9.17) is 17.3 Å². The molecule has 2 nitrogen and oxygen atoms in total. The van der Waals surface area contributed by atoms with Crippen molar-refractivity contribution in [1.29, 1.82) is 0 Å². The quantitative estimate of drug-likeness (QED) is 0.701. The fourth-order valence-corrected chi connectivity index (χ4v) is 2.34. The summed E-state index contributed by atoms with van der Waals surface area (Å²) in [5.74, 6) is 0. The largest absolute Gasteiger partial charge is 0.321 e. The summed E-state index contributed by atoms with van der Waals surface area (Å²) >= 11 is 6.00. The van der Waals surface area contributed by atoms with E-state index in [1.54, 1.807) is 6.20 Å². The zero-order chi connectivity index (χ0) is 9.31. The maximum atomic E-state index is 6.26. The molecule has 0 aromatic carbocycles. The predicted molar refractivity (Wildman–Crippen MR) is 53.6 cm³/mol. The van der Waals surface area contributed by atoms with Crippen LogP contribution in [0.15, 0.2) is 18.3 Å². The summed E-state index contributed by atoms with van der Waals surface area (Å²) in [6.45, 7) is 0. The third kappa shape index (κ3) is 1.56. The van der Waals surface area contributed by atoms with Crippen molar-refractivity contribution in [2.45, 2.75) is 31.2 Å². The molecule has 0 amide bonds. The minimum Gasteiger partial charge on any atom is -0.321 e. The molecule has 1 saturated carbocycles. The van der Waals surface area contributed by atoms with Crippen LogP contribution in [0.25, 0.3) is 0 Å². The molecule has 3 heteroatoms. The number of hydrogen-bond donors (Lipinski definition) is 1. The van der Waals surface area contributed by atoms with E-state index in [9.17, 15) is 0 Å². The molecule has 0 atom stereocenters. The van der Waals surface area contributed by atoms with Gasteiger partial charge in [0.25, 0.3) is 0 Å². The topological polar surface area (TPSA) is 38.9 Å². The fourth-order valence-electron chi connectivity index (χ4n) is 2.03. The minimum atomic E-state index is -0.217. The maximum Gasteiger partial charge on any atom is 0.134 e. The molecule has 0 aliphatic heterocycles. The van der Waals surface area contributed by atoms with Gasteiger partial charge in [0, 0.05) is 17.3 Å². The first-order valence-electron chi connectivity index (χ1n) is 4.62. The van der Waals surface area contributed by atoms with Crippen molar-refractivity contribution in [2.24, 2.45) is 5.73 Å². The van der Waals surface area contributed by atoms with Crippen LogP contribution in [-0.4, -0.2) is 4.98 Å². The molecule has 0 unspecified atom stereocenters. The summed E-state index contributed by atoms with van der Waals surface area (Å²) < 4.78 is 0. The van der Waals surface area contributed by atoms with Crippen molar-refractivity contribution < 1.29 is 0 Å². The number of halogens is 1. The van der Waals surface area contributed by atoms with E-state index in [1.165, 1.54) is 12.8 Å². The Morgan fingerprint density at radius 3 is 2.69 bits per heavy atom. The zero-order valence-electron chi connectivity index (χ0n) is 7.46. The Morgan fingerprint density at radius 1 is 1.38 bits per heavy atom. The molecule has 2 rings (SSSR count). The van der Waals surface area contributed by atoms with E-state index >= 15 is 0 Å². The summed E-state index contributed by atoms with van der Waals surface area (Å²) in [6, 6.07) is 3.88. The van der Waals surface area contributed by atoms with Gasteiger partial charge in [0.2, 0.25) is 0 Å². The molecular formula is C10H13ClN2. The molecule has 13 heavy (non-hydrogen) atoms. The molecule has 1 aliphatic carbocycles. The number of aromatic nitrogens is 1. The first kappa shape index (κ1) is 8.97. The number of nitrogens with two attached hydrogens (primary N) is 1. The van der Waals surface area contributed by atoms with Crippen molar-refractivity contribution in [3.05, 3.63) is 29.0 Å². The van der Waals surface area contributed by atoms with Gasteiger partial charge in [0.05, 0.1) is 0 Å². The van der Waals surface area contributed by atoms with Crippen LogP contribution in [0.5, 0.6) is 0 Å². The van der Waals surface area contributed by atoms with Crippen LogP contribution < -0.4 is 5.73 Å². The smallest absolute Gasteiger partial charge is 0.134 e. The van der Waals surface area contributed by atoms with Crippen molar-refractivity contribution in [1.82, 2.24) is 4.98 Å². The Morgan fingerprint density at radius 2 is 2.08 bits per heavy atom. The highest BCUT2D eigenvalue weighted by Crippen LogP contribution is 2.38. The molecular weight excluding hydrogens is 184 g/mol. The van der Waals surface area contributed by atoms with Crippen LogP contribution >= 0.6 is 11.6 Å². The number of hydrogen-bond acceptors (Lipinski definition) is 2.